The maximum Gasteiger partial charge on any atom is 0.145 e. The first-order chi connectivity index (χ1) is 10.2. The molecule has 0 fully saturated rings. The maximum absolute atomic E-state index is 14.1. The molecule has 0 spiro atoms. The summed E-state index contributed by atoms with van der Waals surface area (Å²) in [5, 5.41) is 8.89. The Morgan fingerprint density at radius 2 is 2.05 bits per heavy atom. The highest BCUT2D eigenvalue weighted by Crippen LogP contribution is 2.25. The van der Waals surface area contributed by atoms with Crippen molar-refractivity contribution in [1.29, 1.82) is 5.26 Å². The van der Waals surface area contributed by atoms with Gasteiger partial charge < -0.3 is 5.73 Å². The lowest BCUT2D eigenvalue weighted by Crippen LogP contribution is -2.30. The van der Waals surface area contributed by atoms with Crippen LogP contribution in [0.25, 0.3) is 0 Å². The van der Waals surface area contributed by atoms with Crippen molar-refractivity contribution >= 4 is 5.69 Å². The first-order valence-corrected chi connectivity index (χ1v) is 6.95. The zero-order chi connectivity index (χ0) is 14.8. The minimum Gasteiger partial charge on any atom is -0.398 e. The van der Waals surface area contributed by atoms with Crippen molar-refractivity contribution < 1.29 is 4.39 Å². The van der Waals surface area contributed by atoms with Crippen molar-refractivity contribution in [1.82, 2.24) is 4.90 Å². The van der Waals surface area contributed by atoms with Crippen LogP contribution < -0.4 is 5.73 Å². The second-order valence-corrected chi connectivity index (χ2v) is 5.34. The summed E-state index contributed by atoms with van der Waals surface area (Å²) in [6, 6.07) is 12.8. The summed E-state index contributed by atoms with van der Waals surface area (Å²) in [6.07, 6.45) is 0.877. The molecule has 21 heavy (non-hydrogen) atoms. The van der Waals surface area contributed by atoms with Gasteiger partial charge in [0.15, 0.2) is 0 Å². The minimum absolute atomic E-state index is 0.106. The third-order valence-electron chi connectivity index (χ3n) is 3.97. The van der Waals surface area contributed by atoms with E-state index in [1.54, 1.807) is 12.1 Å². The molecule has 3 rings (SSSR count). The van der Waals surface area contributed by atoms with Gasteiger partial charge in [-0.05, 0) is 29.7 Å². The van der Waals surface area contributed by atoms with Gasteiger partial charge in [-0.1, -0.05) is 24.3 Å². The largest absolute Gasteiger partial charge is 0.398 e. The monoisotopic (exact) mass is 281 g/mol. The van der Waals surface area contributed by atoms with Crippen molar-refractivity contribution in [3.05, 3.63) is 64.5 Å². The molecule has 106 valence electrons. The van der Waals surface area contributed by atoms with Gasteiger partial charge in [0.25, 0.3) is 0 Å². The lowest BCUT2D eigenvalue weighted by Gasteiger charge is -2.29. The van der Waals surface area contributed by atoms with Crippen LogP contribution in [0.1, 0.15) is 22.3 Å². The van der Waals surface area contributed by atoms with Crippen LogP contribution in [0.2, 0.25) is 0 Å². The van der Waals surface area contributed by atoms with Crippen LogP contribution in [-0.2, 0) is 19.5 Å². The molecule has 2 N–H and O–H groups in total. The fourth-order valence-corrected chi connectivity index (χ4v) is 2.86. The van der Waals surface area contributed by atoms with Crippen LogP contribution >= 0.6 is 0 Å². The first kappa shape index (κ1) is 13.6. The number of nitrogens with two attached hydrogens (primary N) is 1. The van der Waals surface area contributed by atoms with Crippen molar-refractivity contribution in [2.75, 3.05) is 12.3 Å². The molecule has 0 saturated carbocycles. The number of anilines is 1. The van der Waals surface area contributed by atoms with E-state index >= 15 is 0 Å². The molecule has 0 amide bonds. The number of fused-ring (bicyclic) bond motifs is 1. The molecule has 0 aliphatic carbocycles. The van der Waals surface area contributed by atoms with Gasteiger partial charge in [-0.25, -0.2) is 4.39 Å². The second kappa shape index (κ2) is 5.55. The molecule has 2 aromatic carbocycles. The van der Waals surface area contributed by atoms with Crippen LogP contribution in [0.4, 0.5) is 10.1 Å². The van der Waals surface area contributed by atoms with Crippen LogP contribution in [-0.4, -0.2) is 11.4 Å². The summed E-state index contributed by atoms with van der Waals surface area (Å²) in [4.78, 5) is 2.18. The quantitative estimate of drug-likeness (QED) is 0.861. The maximum atomic E-state index is 14.1. The number of nitriles is 1. The Morgan fingerprint density at radius 1 is 1.24 bits per heavy atom. The second-order valence-electron chi connectivity index (χ2n) is 5.34. The smallest absolute Gasteiger partial charge is 0.145 e. The molecule has 3 nitrogen and oxygen atoms in total. The van der Waals surface area contributed by atoms with E-state index in [-0.39, 0.29) is 5.56 Å². The summed E-state index contributed by atoms with van der Waals surface area (Å²) >= 11 is 0. The Kier molecular flexibility index (Phi) is 3.59. The molecule has 4 heteroatoms. The van der Waals surface area contributed by atoms with E-state index in [1.807, 2.05) is 18.2 Å². The van der Waals surface area contributed by atoms with Crippen LogP contribution in [0, 0.1) is 17.1 Å². The van der Waals surface area contributed by atoms with Gasteiger partial charge in [0.1, 0.15) is 11.9 Å². The summed E-state index contributed by atoms with van der Waals surface area (Å²) in [7, 11) is 0. The highest BCUT2D eigenvalue weighted by molar-refractivity contribution is 5.51. The van der Waals surface area contributed by atoms with E-state index < -0.39 is 5.82 Å². The molecular formula is C17H16FN3. The predicted molar refractivity (Wildman–Crippen MR) is 79.8 cm³/mol. The summed E-state index contributed by atoms with van der Waals surface area (Å²) < 4.78 is 14.1. The molecule has 0 saturated heterocycles. The normalized spacial score (nSPS) is 14.5. The van der Waals surface area contributed by atoms with E-state index in [0.29, 0.717) is 12.1 Å². The minimum atomic E-state index is -0.404. The van der Waals surface area contributed by atoms with E-state index in [4.69, 9.17) is 11.0 Å². The third-order valence-corrected chi connectivity index (χ3v) is 3.97. The summed E-state index contributed by atoms with van der Waals surface area (Å²) in [5.41, 5.74) is 9.92. The molecule has 1 aliphatic rings. The Bertz CT molecular complexity index is 718. The number of nitrogen functional groups attached to an aromatic ring is 1. The molecule has 0 bridgehead atoms. The van der Waals surface area contributed by atoms with Gasteiger partial charge in [-0.15, -0.1) is 0 Å². The third kappa shape index (κ3) is 2.61. The van der Waals surface area contributed by atoms with Gasteiger partial charge in [0.2, 0.25) is 0 Å². The Balaban J connectivity index is 1.81. The van der Waals surface area contributed by atoms with Gasteiger partial charge in [-0.2, -0.15) is 5.26 Å². The van der Waals surface area contributed by atoms with Crippen LogP contribution in [0.5, 0.6) is 0 Å². The summed E-state index contributed by atoms with van der Waals surface area (Å²) in [5.74, 6) is -0.404. The molecule has 1 aliphatic heterocycles. The van der Waals surface area contributed by atoms with Crippen LogP contribution in [0.15, 0.2) is 36.4 Å². The molecule has 1 heterocycles. The van der Waals surface area contributed by atoms with Gasteiger partial charge in [0, 0.05) is 30.9 Å². The Hall–Kier alpha value is -2.38. The number of halogens is 1. The molecule has 2 aromatic rings. The molecule has 0 unspecified atom stereocenters. The van der Waals surface area contributed by atoms with Gasteiger partial charge in [-0.3, -0.25) is 4.90 Å². The van der Waals surface area contributed by atoms with Crippen molar-refractivity contribution in [2.45, 2.75) is 19.5 Å². The Morgan fingerprint density at radius 3 is 2.86 bits per heavy atom. The standard InChI is InChI=1S/C17H16FN3/c18-17-12(9-19)3-1-5-14(17)11-21-8-7-15-13(10-21)4-2-6-16(15)20/h1-6H,7-8,10-11,20H2. The van der Waals surface area contributed by atoms with Crippen molar-refractivity contribution in [3.63, 3.8) is 0 Å². The first-order valence-electron chi connectivity index (χ1n) is 6.95. The lowest BCUT2D eigenvalue weighted by atomic mass is 9.97. The fraction of sp³-hybridized carbons (Fsp3) is 0.235. The highest BCUT2D eigenvalue weighted by atomic mass is 19.1. The van der Waals surface area contributed by atoms with Crippen molar-refractivity contribution in [3.8, 4) is 6.07 Å². The fourth-order valence-electron chi connectivity index (χ4n) is 2.86. The van der Waals surface area contributed by atoms with E-state index in [1.165, 1.54) is 17.2 Å². The molecular weight excluding hydrogens is 265 g/mol. The number of rotatable bonds is 2. The Labute approximate surface area is 123 Å². The van der Waals surface area contributed by atoms with Crippen molar-refractivity contribution in [2.24, 2.45) is 0 Å². The van der Waals surface area contributed by atoms with Crippen LogP contribution in [0.3, 0.4) is 0 Å². The van der Waals surface area contributed by atoms with E-state index in [2.05, 4.69) is 11.0 Å². The van der Waals surface area contributed by atoms with E-state index in [9.17, 15) is 4.39 Å². The topological polar surface area (TPSA) is 53.0 Å². The number of hydrogen-bond donors (Lipinski definition) is 1. The average Bonchev–Trinajstić information content (AvgIpc) is 2.49. The molecule has 0 atom stereocenters. The zero-order valence-electron chi connectivity index (χ0n) is 11.6. The number of nitrogens with zero attached hydrogens (tertiary/aromatic N) is 2. The predicted octanol–water partition coefficient (Wildman–Crippen LogP) is 2.84. The zero-order valence-corrected chi connectivity index (χ0v) is 11.6. The van der Waals surface area contributed by atoms with Gasteiger partial charge >= 0.3 is 0 Å². The number of hydrogen-bond acceptors (Lipinski definition) is 3. The highest BCUT2D eigenvalue weighted by Gasteiger charge is 2.19. The van der Waals surface area contributed by atoms with Gasteiger partial charge in [0.05, 0.1) is 5.56 Å². The SMILES string of the molecule is N#Cc1cccc(CN2CCc3c(N)cccc3C2)c1F. The summed E-state index contributed by atoms with van der Waals surface area (Å²) in [6.45, 7) is 2.11. The van der Waals surface area contributed by atoms with E-state index in [0.717, 1.165) is 25.2 Å². The molecule has 0 aromatic heterocycles. The molecule has 0 radical (unpaired) electrons. The lowest BCUT2D eigenvalue weighted by molar-refractivity contribution is 0.242. The average molecular weight is 281 g/mol. The number of benzene rings is 2.